The first-order chi connectivity index (χ1) is 14.7. The van der Waals surface area contributed by atoms with Gasteiger partial charge in [0.05, 0.1) is 12.1 Å². The van der Waals surface area contributed by atoms with E-state index < -0.39 is 18.0 Å². The molecule has 0 radical (unpaired) electrons. The van der Waals surface area contributed by atoms with Crippen molar-refractivity contribution < 1.29 is 23.8 Å². The second kappa shape index (κ2) is 7.97. The van der Waals surface area contributed by atoms with Gasteiger partial charge in [0.1, 0.15) is 6.04 Å². The number of methoxy groups -OCH3 is 1. The maximum atomic E-state index is 13.3. The molecule has 164 valence electrons. The fraction of sp³-hybridized carbons (Fsp3) is 0.400. The Hall–Kier alpha value is -2.92. The Morgan fingerprint density at radius 3 is 2.77 bits per heavy atom. The Labute approximate surface area is 184 Å². The lowest BCUT2D eigenvalue weighted by Gasteiger charge is -2.20. The van der Waals surface area contributed by atoms with Crippen molar-refractivity contribution >= 4 is 55.9 Å². The number of carbonyl (C=O) groups excluding carboxylic acids is 1. The van der Waals surface area contributed by atoms with Gasteiger partial charge in [-0.15, -0.1) is 0 Å². The van der Waals surface area contributed by atoms with Gasteiger partial charge in [0, 0.05) is 30.1 Å². The summed E-state index contributed by atoms with van der Waals surface area (Å²) in [5.74, 6) is -0.624. The molecular weight excluding hydrogens is 472 g/mol. The van der Waals surface area contributed by atoms with E-state index in [-0.39, 0.29) is 35.3 Å². The Kier molecular flexibility index (Phi) is 5.48. The third kappa shape index (κ3) is 3.68. The van der Waals surface area contributed by atoms with Crippen LogP contribution in [0.4, 0.5) is 10.8 Å². The Balaban J connectivity index is 1.86. The zero-order valence-electron chi connectivity index (χ0n) is 17.1. The van der Waals surface area contributed by atoms with Gasteiger partial charge in [0.15, 0.2) is 11.1 Å². The van der Waals surface area contributed by atoms with Gasteiger partial charge in [0.2, 0.25) is 0 Å². The van der Waals surface area contributed by atoms with Gasteiger partial charge in [0.25, 0.3) is 11.5 Å². The molecule has 2 amide bonds. The van der Waals surface area contributed by atoms with Crippen molar-refractivity contribution in [1.82, 2.24) is 14.9 Å². The highest BCUT2D eigenvalue weighted by Gasteiger charge is 2.32. The number of carboxylic acid groups (broad SMARTS) is 1. The monoisotopic (exact) mass is 492 g/mol. The van der Waals surface area contributed by atoms with Crippen LogP contribution in [0.5, 0.6) is 0 Å². The maximum absolute atomic E-state index is 13.3. The van der Waals surface area contributed by atoms with Gasteiger partial charge in [-0.2, -0.15) is 4.98 Å². The molecule has 3 aromatic rings. The number of oxazole rings is 1. The quantitative estimate of drug-likeness (QED) is 0.541. The van der Waals surface area contributed by atoms with Crippen LogP contribution in [0.3, 0.4) is 0 Å². The molecule has 2 aromatic heterocycles. The predicted octanol–water partition coefficient (Wildman–Crippen LogP) is 2.79. The summed E-state index contributed by atoms with van der Waals surface area (Å²) in [5, 5.41) is 11.8. The number of hydrogen-bond donors (Lipinski definition) is 2. The number of fused-ring (bicyclic) bond motifs is 3. The van der Waals surface area contributed by atoms with Crippen LogP contribution < -0.4 is 15.8 Å². The number of ether oxygens (including phenoxy) is 1. The normalized spacial score (nSPS) is 14.7. The van der Waals surface area contributed by atoms with Crippen LogP contribution in [-0.2, 0) is 9.53 Å². The van der Waals surface area contributed by atoms with Crippen LogP contribution in [0.15, 0.2) is 25.8 Å². The lowest BCUT2D eigenvalue weighted by Crippen LogP contribution is -2.49. The molecule has 0 unspecified atom stereocenters. The van der Waals surface area contributed by atoms with Crippen LogP contribution in [-0.4, -0.2) is 53.5 Å². The molecule has 31 heavy (non-hydrogen) atoms. The van der Waals surface area contributed by atoms with E-state index in [4.69, 9.17) is 14.3 Å². The average Bonchev–Trinajstić information content (AvgIpc) is 3.46. The number of pyridine rings is 1. The van der Waals surface area contributed by atoms with Crippen molar-refractivity contribution in [2.45, 2.75) is 31.8 Å². The predicted molar refractivity (Wildman–Crippen MR) is 117 cm³/mol. The minimum Gasteiger partial charge on any atom is -0.465 e. The van der Waals surface area contributed by atoms with Crippen molar-refractivity contribution in [3.63, 3.8) is 0 Å². The molecule has 4 rings (SSSR count). The number of nitrogens with one attached hydrogen (secondary N) is 1. The lowest BCUT2D eigenvalue weighted by molar-refractivity contribution is -0.121. The van der Waals surface area contributed by atoms with E-state index in [9.17, 15) is 14.4 Å². The number of aromatic nitrogens is 2. The summed E-state index contributed by atoms with van der Waals surface area (Å²) in [6.07, 6.45) is 0.463. The van der Waals surface area contributed by atoms with Gasteiger partial charge in [-0.1, -0.05) is 15.9 Å². The Morgan fingerprint density at radius 1 is 1.45 bits per heavy atom. The first kappa shape index (κ1) is 21.3. The molecule has 0 aliphatic heterocycles. The fourth-order valence-electron chi connectivity index (χ4n) is 3.66. The number of carbonyl (C=O) groups is 2. The molecule has 1 aliphatic carbocycles. The van der Waals surface area contributed by atoms with Gasteiger partial charge < -0.3 is 24.1 Å². The van der Waals surface area contributed by atoms with Crippen molar-refractivity contribution in [3.8, 4) is 0 Å². The number of anilines is 1. The van der Waals surface area contributed by atoms with Crippen LogP contribution in [0.2, 0.25) is 0 Å². The molecule has 10 nitrogen and oxygen atoms in total. The smallest absolute Gasteiger partial charge is 0.405 e. The summed E-state index contributed by atoms with van der Waals surface area (Å²) in [5.41, 5.74) is 1.83. The van der Waals surface area contributed by atoms with Crippen LogP contribution in [0.25, 0.3) is 22.0 Å². The molecule has 11 heteroatoms. The van der Waals surface area contributed by atoms with E-state index in [1.807, 2.05) is 19.1 Å². The number of nitrogens with zero attached hydrogens (tertiary/aromatic N) is 3. The summed E-state index contributed by atoms with van der Waals surface area (Å²) in [7, 11) is 2.76. The molecular formula is C20H21BrN4O6. The summed E-state index contributed by atoms with van der Waals surface area (Å²) in [4.78, 5) is 42.5. The Morgan fingerprint density at radius 2 is 2.16 bits per heavy atom. The summed E-state index contributed by atoms with van der Waals surface area (Å²) >= 11 is 3.53. The maximum Gasteiger partial charge on any atom is 0.405 e. The zero-order valence-corrected chi connectivity index (χ0v) is 18.7. The average molecular weight is 493 g/mol. The van der Waals surface area contributed by atoms with Crippen molar-refractivity contribution in [2.24, 2.45) is 0 Å². The molecule has 0 saturated heterocycles. The topological polar surface area (TPSA) is 127 Å². The second-order valence-corrected chi connectivity index (χ2v) is 8.36. The number of rotatable bonds is 6. The Bertz CT molecular complexity index is 1260. The largest absolute Gasteiger partial charge is 0.465 e. The molecule has 1 aliphatic rings. The molecule has 1 atom stereocenters. The highest BCUT2D eigenvalue weighted by Crippen LogP contribution is 2.40. The fourth-order valence-corrected chi connectivity index (χ4v) is 3.98. The highest BCUT2D eigenvalue weighted by molar-refractivity contribution is 9.10. The van der Waals surface area contributed by atoms with Crippen LogP contribution in [0.1, 0.15) is 24.4 Å². The molecule has 2 heterocycles. The van der Waals surface area contributed by atoms with E-state index in [0.717, 1.165) is 38.7 Å². The number of halogens is 1. The number of hydrogen-bond acceptors (Lipinski definition) is 6. The van der Waals surface area contributed by atoms with Gasteiger partial charge in [-0.05, 0) is 37.5 Å². The third-order valence-corrected chi connectivity index (χ3v) is 6.21. The molecule has 0 spiro atoms. The van der Waals surface area contributed by atoms with Crippen molar-refractivity contribution in [2.75, 3.05) is 25.7 Å². The molecule has 1 saturated carbocycles. The molecule has 2 N–H and O–H groups in total. The van der Waals surface area contributed by atoms with E-state index in [1.165, 1.54) is 14.2 Å². The summed E-state index contributed by atoms with van der Waals surface area (Å²) in [6, 6.07) is 2.59. The first-order valence-corrected chi connectivity index (χ1v) is 10.4. The van der Waals surface area contributed by atoms with Gasteiger partial charge in [-0.3, -0.25) is 14.5 Å². The van der Waals surface area contributed by atoms with Gasteiger partial charge in [-0.25, -0.2) is 4.79 Å². The van der Waals surface area contributed by atoms with Crippen molar-refractivity contribution in [3.05, 3.63) is 32.5 Å². The molecule has 1 aromatic carbocycles. The summed E-state index contributed by atoms with van der Waals surface area (Å²) < 4.78 is 13.4. The number of amides is 2. The minimum atomic E-state index is -1.36. The van der Waals surface area contributed by atoms with Crippen molar-refractivity contribution in [1.29, 1.82) is 0 Å². The minimum absolute atomic E-state index is 0.0965. The third-order valence-electron chi connectivity index (χ3n) is 5.35. The molecule has 0 bridgehead atoms. The van der Waals surface area contributed by atoms with E-state index >= 15 is 0 Å². The SMILES string of the molecule is COC[C@@H](NC(=O)O)C(=O)N(C)c1nc2c(=O)n(C3CC3)c3c(C)c(Br)ccc3c2o1. The number of benzene rings is 1. The molecule has 1 fully saturated rings. The number of aryl methyl sites for hydroxylation is 1. The van der Waals surface area contributed by atoms with Gasteiger partial charge >= 0.3 is 12.1 Å². The second-order valence-electron chi connectivity index (χ2n) is 7.50. The first-order valence-electron chi connectivity index (χ1n) is 9.64. The highest BCUT2D eigenvalue weighted by atomic mass is 79.9. The zero-order chi connectivity index (χ0) is 22.4. The van der Waals surface area contributed by atoms with E-state index in [2.05, 4.69) is 26.2 Å². The van der Waals surface area contributed by atoms with E-state index in [0.29, 0.717) is 0 Å². The standard InChI is InChI=1S/C20H21BrN4O6/c1-9-12(21)7-6-11-15(9)25(10-4-5-10)18(27)14-16(11)31-19(23-14)24(2)17(26)13(8-30-3)22-20(28)29/h6-7,10,13,22H,4-5,8H2,1-3H3,(H,28,29)/t13-/m1/s1. The van der Waals surface area contributed by atoms with Crippen LogP contribution >= 0.6 is 15.9 Å². The number of likely N-dealkylation sites (N-methyl/N-ethyl adjacent to an activating group) is 1. The van der Waals surface area contributed by atoms with E-state index in [1.54, 1.807) is 4.57 Å². The summed E-state index contributed by atoms with van der Waals surface area (Å²) in [6.45, 7) is 1.76. The lowest BCUT2D eigenvalue weighted by atomic mass is 10.1. The van der Waals surface area contributed by atoms with Crippen LogP contribution in [0, 0.1) is 6.92 Å².